The van der Waals surface area contributed by atoms with Crippen molar-refractivity contribution in [3.8, 4) is 0 Å². The standard InChI is InChI=1S/C13H14N2O3/c14-12(16)10-3-1-2-4-11(10)15-9-6-5-8(7-9)13(17)18/h1-6,8-9,15H,7H2,(H2,14,16)(H,17,18). The second-order valence-corrected chi connectivity index (χ2v) is 4.23. The van der Waals surface area contributed by atoms with Gasteiger partial charge in [0.2, 0.25) is 0 Å². The Labute approximate surface area is 104 Å². The van der Waals surface area contributed by atoms with Crippen LogP contribution < -0.4 is 11.1 Å². The van der Waals surface area contributed by atoms with Gasteiger partial charge in [-0.1, -0.05) is 24.3 Å². The number of benzene rings is 1. The van der Waals surface area contributed by atoms with E-state index in [1.165, 1.54) is 0 Å². The number of carboxylic acid groups (broad SMARTS) is 1. The van der Waals surface area contributed by atoms with E-state index in [0.29, 0.717) is 17.7 Å². The van der Waals surface area contributed by atoms with Crippen molar-refractivity contribution in [2.75, 3.05) is 5.32 Å². The molecule has 0 heterocycles. The summed E-state index contributed by atoms with van der Waals surface area (Å²) in [5.41, 5.74) is 6.31. The van der Waals surface area contributed by atoms with E-state index in [4.69, 9.17) is 10.8 Å². The number of anilines is 1. The number of aliphatic carboxylic acids is 1. The van der Waals surface area contributed by atoms with E-state index in [1.807, 2.05) is 0 Å². The minimum Gasteiger partial charge on any atom is -0.481 e. The third-order valence-corrected chi connectivity index (χ3v) is 2.93. The van der Waals surface area contributed by atoms with Crippen LogP contribution in [0.3, 0.4) is 0 Å². The Kier molecular flexibility index (Phi) is 3.32. The predicted octanol–water partition coefficient (Wildman–Crippen LogP) is 1.23. The van der Waals surface area contributed by atoms with Gasteiger partial charge in [-0.15, -0.1) is 0 Å². The molecule has 0 fully saturated rings. The minimum atomic E-state index is -0.835. The largest absolute Gasteiger partial charge is 0.481 e. The van der Waals surface area contributed by atoms with Crippen molar-refractivity contribution >= 4 is 17.6 Å². The molecule has 18 heavy (non-hydrogen) atoms. The van der Waals surface area contributed by atoms with Crippen LogP contribution in [0.5, 0.6) is 0 Å². The number of primary amides is 1. The van der Waals surface area contributed by atoms with Gasteiger partial charge in [0.25, 0.3) is 5.91 Å². The van der Waals surface area contributed by atoms with Gasteiger partial charge in [0.15, 0.2) is 0 Å². The van der Waals surface area contributed by atoms with Gasteiger partial charge in [0.05, 0.1) is 11.5 Å². The summed E-state index contributed by atoms with van der Waals surface area (Å²) in [4.78, 5) is 22.1. The molecule has 1 aliphatic carbocycles. The van der Waals surface area contributed by atoms with Crippen molar-refractivity contribution in [2.45, 2.75) is 12.5 Å². The Balaban J connectivity index is 2.10. The first-order valence-electron chi connectivity index (χ1n) is 5.64. The first-order chi connectivity index (χ1) is 8.58. The summed E-state index contributed by atoms with van der Waals surface area (Å²) in [7, 11) is 0. The number of hydrogen-bond donors (Lipinski definition) is 3. The molecule has 0 aliphatic heterocycles. The molecule has 0 spiro atoms. The molecule has 0 saturated heterocycles. The molecule has 1 aromatic carbocycles. The zero-order valence-corrected chi connectivity index (χ0v) is 9.67. The first kappa shape index (κ1) is 12.2. The lowest BCUT2D eigenvalue weighted by Crippen LogP contribution is -2.21. The Morgan fingerprint density at radius 2 is 2.00 bits per heavy atom. The van der Waals surface area contributed by atoms with Gasteiger partial charge < -0.3 is 16.2 Å². The number of carboxylic acids is 1. The van der Waals surface area contributed by atoms with Crippen molar-refractivity contribution in [2.24, 2.45) is 11.7 Å². The van der Waals surface area contributed by atoms with Crippen molar-refractivity contribution < 1.29 is 14.7 Å². The molecule has 94 valence electrons. The Morgan fingerprint density at radius 3 is 2.61 bits per heavy atom. The minimum absolute atomic E-state index is 0.0911. The summed E-state index contributed by atoms with van der Waals surface area (Å²) in [5.74, 6) is -1.81. The van der Waals surface area contributed by atoms with Crippen LogP contribution in [0, 0.1) is 5.92 Å². The highest BCUT2D eigenvalue weighted by Gasteiger charge is 2.24. The number of carbonyl (C=O) groups is 2. The lowest BCUT2D eigenvalue weighted by atomic mass is 10.1. The molecule has 1 aromatic rings. The predicted molar refractivity (Wildman–Crippen MR) is 67.3 cm³/mol. The zero-order valence-electron chi connectivity index (χ0n) is 9.67. The summed E-state index contributed by atoms with van der Waals surface area (Å²) >= 11 is 0. The van der Waals surface area contributed by atoms with Crippen LogP contribution in [0.15, 0.2) is 36.4 Å². The smallest absolute Gasteiger partial charge is 0.310 e. The summed E-state index contributed by atoms with van der Waals surface area (Å²) in [6.45, 7) is 0. The van der Waals surface area contributed by atoms with Gasteiger partial charge in [-0.3, -0.25) is 9.59 Å². The molecule has 4 N–H and O–H groups in total. The van der Waals surface area contributed by atoms with Gasteiger partial charge in [-0.2, -0.15) is 0 Å². The summed E-state index contributed by atoms with van der Waals surface area (Å²) < 4.78 is 0. The molecule has 1 amide bonds. The number of carbonyl (C=O) groups excluding carboxylic acids is 1. The van der Waals surface area contributed by atoms with E-state index in [2.05, 4.69) is 5.32 Å². The van der Waals surface area contributed by atoms with Crippen molar-refractivity contribution in [1.82, 2.24) is 0 Å². The Bertz CT molecular complexity index is 511. The molecule has 2 rings (SSSR count). The summed E-state index contributed by atoms with van der Waals surface area (Å²) in [5, 5.41) is 12.0. The summed E-state index contributed by atoms with van der Waals surface area (Å²) in [6.07, 6.45) is 3.94. The second kappa shape index (κ2) is 4.91. The van der Waals surface area contributed by atoms with Crippen LogP contribution >= 0.6 is 0 Å². The molecule has 2 unspecified atom stereocenters. The first-order valence-corrected chi connectivity index (χ1v) is 5.64. The average molecular weight is 246 g/mol. The molecule has 0 saturated carbocycles. The fourth-order valence-corrected chi connectivity index (χ4v) is 2.01. The topological polar surface area (TPSA) is 92.4 Å². The normalized spacial score (nSPS) is 21.8. The van der Waals surface area contributed by atoms with Gasteiger partial charge >= 0.3 is 5.97 Å². The van der Waals surface area contributed by atoms with Gasteiger partial charge in [-0.25, -0.2) is 0 Å². The molecule has 0 radical (unpaired) electrons. The average Bonchev–Trinajstić information content (AvgIpc) is 2.78. The van der Waals surface area contributed by atoms with Gasteiger partial charge in [-0.05, 0) is 18.6 Å². The Morgan fingerprint density at radius 1 is 1.28 bits per heavy atom. The van der Waals surface area contributed by atoms with E-state index in [-0.39, 0.29) is 6.04 Å². The number of rotatable bonds is 4. The van der Waals surface area contributed by atoms with E-state index in [1.54, 1.807) is 36.4 Å². The number of amides is 1. The number of para-hydroxylation sites is 1. The lowest BCUT2D eigenvalue weighted by Gasteiger charge is -2.15. The third-order valence-electron chi connectivity index (χ3n) is 2.93. The molecule has 1 aliphatic rings. The SMILES string of the molecule is NC(=O)c1ccccc1NC1C=CC(C(=O)O)C1. The third kappa shape index (κ3) is 2.51. The van der Waals surface area contributed by atoms with Crippen LogP contribution in [-0.4, -0.2) is 23.0 Å². The second-order valence-electron chi connectivity index (χ2n) is 4.23. The maximum atomic E-state index is 11.2. The molecular weight excluding hydrogens is 232 g/mol. The number of nitrogens with one attached hydrogen (secondary N) is 1. The van der Waals surface area contributed by atoms with E-state index >= 15 is 0 Å². The fourth-order valence-electron chi connectivity index (χ4n) is 2.01. The van der Waals surface area contributed by atoms with Crippen molar-refractivity contribution in [3.63, 3.8) is 0 Å². The highest BCUT2D eigenvalue weighted by molar-refractivity contribution is 5.98. The van der Waals surface area contributed by atoms with Crippen LogP contribution in [-0.2, 0) is 4.79 Å². The van der Waals surface area contributed by atoms with Crippen LogP contribution in [0.4, 0.5) is 5.69 Å². The van der Waals surface area contributed by atoms with Crippen molar-refractivity contribution in [1.29, 1.82) is 0 Å². The monoisotopic (exact) mass is 246 g/mol. The molecule has 0 bridgehead atoms. The Hall–Kier alpha value is -2.30. The van der Waals surface area contributed by atoms with Crippen molar-refractivity contribution in [3.05, 3.63) is 42.0 Å². The molecule has 0 aromatic heterocycles. The summed E-state index contributed by atoms with van der Waals surface area (Å²) in [6, 6.07) is 6.82. The van der Waals surface area contributed by atoms with Crippen LogP contribution in [0.2, 0.25) is 0 Å². The van der Waals surface area contributed by atoms with E-state index in [9.17, 15) is 9.59 Å². The van der Waals surface area contributed by atoms with Crippen LogP contribution in [0.1, 0.15) is 16.8 Å². The lowest BCUT2D eigenvalue weighted by molar-refractivity contribution is -0.140. The zero-order chi connectivity index (χ0) is 13.1. The van der Waals surface area contributed by atoms with E-state index in [0.717, 1.165) is 0 Å². The quantitative estimate of drug-likeness (QED) is 0.696. The maximum absolute atomic E-state index is 11.2. The highest BCUT2D eigenvalue weighted by atomic mass is 16.4. The van der Waals surface area contributed by atoms with E-state index < -0.39 is 17.8 Å². The van der Waals surface area contributed by atoms with Crippen LogP contribution in [0.25, 0.3) is 0 Å². The highest BCUT2D eigenvalue weighted by Crippen LogP contribution is 2.23. The molecular formula is C13H14N2O3. The maximum Gasteiger partial charge on any atom is 0.310 e. The number of nitrogens with two attached hydrogens (primary N) is 1. The van der Waals surface area contributed by atoms with Gasteiger partial charge in [0, 0.05) is 11.7 Å². The number of hydrogen-bond acceptors (Lipinski definition) is 3. The molecule has 5 nitrogen and oxygen atoms in total. The molecule has 5 heteroatoms. The van der Waals surface area contributed by atoms with Gasteiger partial charge in [0.1, 0.15) is 0 Å². The fraction of sp³-hybridized carbons (Fsp3) is 0.231. The molecule has 2 atom stereocenters.